The first-order chi connectivity index (χ1) is 8.46. The first-order valence-corrected chi connectivity index (χ1v) is 5.40. The van der Waals surface area contributed by atoms with Crippen LogP contribution in [0.1, 0.15) is 12.8 Å². The minimum Gasteiger partial charge on any atom is -0.477 e. The van der Waals surface area contributed by atoms with Crippen molar-refractivity contribution in [2.75, 3.05) is 6.61 Å². The molecule has 2 heterocycles. The summed E-state index contributed by atoms with van der Waals surface area (Å²) in [5.41, 5.74) is 0.376. The van der Waals surface area contributed by atoms with Crippen molar-refractivity contribution in [2.45, 2.75) is 19.0 Å². The zero-order valence-corrected chi connectivity index (χ0v) is 9.72. The van der Waals surface area contributed by atoms with Gasteiger partial charge < -0.3 is 4.74 Å². The van der Waals surface area contributed by atoms with E-state index in [9.17, 15) is 13.2 Å². The van der Waals surface area contributed by atoms with Gasteiger partial charge in [-0.2, -0.15) is 28.2 Å². The summed E-state index contributed by atoms with van der Waals surface area (Å²) in [7, 11) is 0. The number of alkyl halides is 3. The highest BCUT2D eigenvalue weighted by atomic mass is 35.5. The molecule has 0 aliphatic rings. The fraction of sp³-hybridized carbons (Fsp3) is 0.444. The average molecular weight is 281 g/mol. The lowest BCUT2D eigenvalue weighted by Gasteiger charge is -2.08. The van der Waals surface area contributed by atoms with E-state index in [4.69, 9.17) is 16.3 Å². The summed E-state index contributed by atoms with van der Waals surface area (Å²) in [6.07, 6.45) is -3.81. The molecular weight excluding hydrogens is 273 g/mol. The second-order valence-electron chi connectivity index (χ2n) is 3.50. The van der Waals surface area contributed by atoms with Crippen LogP contribution >= 0.6 is 11.6 Å². The van der Waals surface area contributed by atoms with Gasteiger partial charge in [0.05, 0.1) is 12.8 Å². The molecule has 0 saturated carbocycles. The van der Waals surface area contributed by atoms with E-state index >= 15 is 0 Å². The van der Waals surface area contributed by atoms with Gasteiger partial charge in [0.2, 0.25) is 11.2 Å². The van der Waals surface area contributed by atoms with E-state index in [-0.39, 0.29) is 24.2 Å². The summed E-state index contributed by atoms with van der Waals surface area (Å²) in [4.78, 5) is 7.64. The summed E-state index contributed by atoms with van der Waals surface area (Å²) < 4.78 is 41.0. The van der Waals surface area contributed by atoms with Crippen LogP contribution in [0.3, 0.4) is 0 Å². The summed E-state index contributed by atoms with van der Waals surface area (Å²) >= 11 is 5.64. The van der Waals surface area contributed by atoms with Crippen LogP contribution in [0.15, 0.2) is 6.20 Å². The van der Waals surface area contributed by atoms with Gasteiger partial charge in [-0.3, -0.25) is 5.10 Å². The van der Waals surface area contributed by atoms with Crippen molar-refractivity contribution in [3.8, 4) is 5.88 Å². The molecule has 98 valence electrons. The second-order valence-corrected chi connectivity index (χ2v) is 3.84. The first kappa shape index (κ1) is 12.9. The van der Waals surface area contributed by atoms with Crippen molar-refractivity contribution in [1.82, 2.24) is 20.2 Å². The fourth-order valence-corrected chi connectivity index (χ4v) is 1.50. The van der Waals surface area contributed by atoms with E-state index in [1.807, 2.05) is 0 Å². The van der Waals surface area contributed by atoms with Crippen LogP contribution in [0.2, 0.25) is 5.28 Å². The Kier molecular flexibility index (Phi) is 3.55. The number of aromatic amines is 1. The van der Waals surface area contributed by atoms with E-state index in [0.717, 1.165) is 0 Å². The number of hydrogen-bond donors (Lipinski definition) is 1. The SMILES string of the molecule is FC(F)(F)CCCOc1nc(Cl)nc2[nH]ncc12. The first-order valence-electron chi connectivity index (χ1n) is 5.02. The normalized spacial score (nSPS) is 12.0. The van der Waals surface area contributed by atoms with Crippen LogP contribution in [0, 0.1) is 0 Å². The highest BCUT2D eigenvalue weighted by molar-refractivity contribution is 6.28. The fourth-order valence-electron chi connectivity index (χ4n) is 1.33. The Hall–Kier alpha value is -1.57. The molecule has 0 aliphatic heterocycles. The Labute approximate surface area is 104 Å². The lowest BCUT2D eigenvalue weighted by Crippen LogP contribution is -2.10. The summed E-state index contributed by atoms with van der Waals surface area (Å²) in [5, 5.41) is 6.71. The van der Waals surface area contributed by atoms with Gasteiger partial charge in [-0.05, 0) is 18.0 Å². The van der Waals surface area contributed by atoms with Crippen LogP contribution in [0.25, 0.3) is 11.0 Å². The van der Waals surface area contributed by atoms with E-state index in [2.05, 4.69) is 20.2 Å². The summed E-state index contributed by atoms with van der Waals surface area (Å²) in [6, 6.07) is 0. The molecule has 1 N–H and O–H groups in total. The molecule has 2 rings (SSSR count). The number of hydrogen-bond acceptors (Lipinski definition) is 4. The molecule has 2 aromatic rings. The molecule has 0 aromatic carbocycles. The average Bonchev–Trinajstić information content (AvgIpc) is 2.70. The minimum absolute atomic E-state index is 0.0578. The van der Waals surface area contributed by atoms with Gasteiger partial charge in [0.1, 0.15) is 5.39 Å². The third-order valence-corrected chi connectivity index (χ3v) is 2.26. The minimum atomic E-state index is -4.18. The standard InChI is InChI=1S/C9H8ClF3N4O/c10-8-15-6-5(4-14-17-6)7(16-8)18-3-1-2-9(11,12)13/h4H,1-3H2,(H,14,15,16,17). The number of H-pyrrole nitrogens is 1. The number of nitrogens with one attached hydrogen (secondary N) is 1. The number of aromatic nitrogens is 4. The molecule has 0 saturated heterocycles. The van der Waals surface area contributed by atoms with Crippen molar-refractivity contribution in [3.05, 3.63) is 11.5 Å². The lowest BCUT2D eigenvalue weighted by molar-refractivity contribution is -0.136. The van der Waals surface area contributed by atoms with Crippen LogP contribution in [0.4, 0.5) is 13.2 Å². The van der Waals surface area contributed by atoms with Gasteiger partial charge in [0.25, 0.3) is 0 Å². The maximum atomic E-state index is 11.9. The molecule has 9 heteroatoms. The summed E-state index contributed by atoms with van der Waals surface area (Å²) in [6.45, 7) is -0.104. The highest BCUT2D eigenvalue weighted by Gasteiger charge is 2.26. The topological polar surface area (TPSA) is 63.7 Å². The van der Waals surface area contributed by atoms with E-state index in [1.165, 1.54) is 6.20 Å². The van der Waals surface area contributed by atoms with Gasteiger partial charge in [-0.25, -0.2) is 0 Å². The maximum absolute atomic E-state index is 11.9. The van der Waals surface area contributed by atoms with Crippen LogP contribution in [-0.4, -0.2) is 32.9 Å². The van der Waals surface area contributed by atoms with Crippen molar-refractivity contribution >= 4 is 22.6 Å². The van der Waals surface area contributed by atoms with E-state index < -0.39 is 12.6 Å². The van der Waals surface area contributed by atoms with Gasteiger partial charge in [0.15, 0.2) is 5.65 Å². The Bertz CT molecular complexity index is 542. The zero-order valence-electron chi connectivity index (χ0n) is 8.96. The van der Waals surface area contributed by atoms with Gasteiger partial charge in [-0.15, -0.1) is 0 Å². The molecule has 0 bridgehead atoms. The maximum Gasteiger partial charge on any atom is 0.389 e. The predicted molar refractivity (Wildman–Crippen MR) is 57.5 cm³/mol. The molecule has 5 nitrogen and oxygen atoms in total. The van der Waals surface area contributed by atoms with Crippen molar-refractivity contribution in [2.24, 2.45) is 0 Å². The predicted octanol–water partition coefficient (Wildman–Crippen LogP) is 2.73. The van der Waals surface area contributed by atoms with E-state index in [0.29, 0.717) is 11.0 Å². The number of fused-ring (bicyclic) bond motifs is 1. The molecule has 0 aliphatic carbocycles. The highest BCUT2D eigenvalue weighted by Crippen LogP contribution is 2.24. The molecule has 0 amide bonds. The molecular formula is C9H8ClF3N4O. The molecule has 0 spiro atoms. The molecule has 0 unspecified atom stereocenters. The Morgan fingerprint density at radius 2 is 2.11 bits per heavy atom. The third-order valence-electron chi connectivity index (χ3n) is 2.09. The molecule has 2 aromatic heterocycles. The van der Waals surface area contributed by atoms with Crippen LogP contribution < -0.4 is 4.74 Å². The Morgan fingerprint density at radius 1 is 1.33 bits per heavy atom. The Balaban J connectivity index is 2.01. The number of nitrogens with zero attached hydrogens (tertiary/aromatic N) is 3. The summed E-state index contributed by atoms with van der Waals surface area (Å²) in [5.74, 6) is 0.126. The number of ether oxygens (including phenoxy) is 1. The second kappa shape index (κ2) is 4.97. The Morgan fingerprint density at radius 3 is 2.83 bits per heavy atom. The molecule has 0 radical (unpaired) electrons. The van der Waals surface area contributed by atoms with Gasteiger partial charge in [0, 0.05) is 6.42 Å². The number of halogens is 4. The quantitative estimate of drug-likeness (QED) is 0.691. The molecule has 0 atom stereocenters. The van der Waals surface area contributed by atoms with Crippen molar-refractivity contribution in [1.29, 1.82) is 0 Å². The smallest absolute Gasteiger partial charge is 0.389 e. The third kappa shape index (κ3) is 3.22. The largest absolute Gasteiger partial charge is 0.477 e. The monoisotopic (exact) mass is 280 g/mol. The van der Waals surface area contributed by atoms with Crippen LogP contribution in [0.5, 0.6) is 5.88 Å². The van der Waals surface area contributed by atoms with Crippen LogP contribution in [-0.2, 0) is 0 Å². The zero-order chi connectivity index (χ0) is 13.2. The van der Waals surface area contributed by atoms with Gasteiger partial charge >= 0.3 is 6.18 Å². The molecule has 0 fully saturated rings. The van der Waals surface area contributed by atoms with Gasteiger partial charge in [-0.1, -0.05) is 0 Å². The number of rotatable bonds is 4. The van der Waals surface area contributed by atoms with E-state index in [1.54, 1.807) is 0 Å². The molecule has 18 heavy (non-hydrogen) atoms. The van der Waals surface area contributed by atoms with Crippen molar-refractivity contribution in [3.63, 3.8) is 0 Å². The lowest BCUT2D eigenvalue weighted by atomic mass is 10.3. The van der Waals surface area contributed by atoms with Crippen molar-refractivity contribution < 1.29 is 17.9 Å².